The minimum absolute atomic E-state index is 0.0644. The molecule has 9 heteroatoms. The van der Waals surface area contributed by atoms with Gasteiger partial charge in [-0.2, -0.15) is 8.42 Å². The van der Waals surface area contributed by atoms with Gasteiger partial charge < -0.3 is 14.4 Å². The average Bonchev–Trinajstić information content (AvgIpc) is 3.02. The Morgan fingerprint density at radius 3 is 2.48 bits per heavy atom. The van der Waals surface area contributed by atoms with Crippen LogP contribution in [-0.4, -0.2) is 54.9 Å². The molecule has 148 valence electrons. The van der Waals surface area contributed by atoms with E-state index >= 15 is 0 Å². The summed E-state index contributed by atoms with van der Waals surface area (Å²) in [4.78, 5) is 21.1. The molecule has 0 radical (unpaired) electrons. The lowest BCUT2D eigenvalue weighted by atomic mass is 10.1. The Kier molecular flexibility index (Phi) is 3.95. The van der Waals surface area contributed by atoms with Crippen molar-refractivity contribution in [2.45, 2.75) is 4.90 Å². The van der Waals surface area contributed by atoms with E-state index in [1.54, 1.807) is 25.2 Å². The highest BCUT2D eigenvalue weighted by Gasteiger charge is 2.32. The average molecular weight is 409 g/mol. The summed E-state index contributed by atoms with van der Waals surface area (Å²) in [6.45, 7) is 2.75. The highest BCUT2D eigenvalue weighted by molar-refractivity contribution is 7.90. The summed E-state index contributed by atoms with van der Waals surface area (Å²) < 4.78 is 30.1. The van der Waals surface area contributed by atoms with Crippen molar-refractivity contribution < 1.29 is 8.42 Å². The van der Waals surface area contributed by atoms with Crippen LogP contribution in [0.2, 0.25) is 0 Å². The molecule has 1 aromatic heterocycles. The van der Waals surface area contributed by atoms with Crippen molar-refractivity contribution in [2.24, 2.45) is 11.4 Å². The maximum absolute atomic E-state index is 12.3. The number of hydrogen-bond donors (Lipinski definition) is 0. The third kappa shape index (κ3) is 2.89. The standard InChI is InChI=1S/C20H19N5O3S/c1-23-13-21-17-12-14(6-7-15(17)20(23)26)24-8-10-25(11-9-24)19-16-4-2-3-5-18(16)29(27,28)22-19/h2-7,12-13H,8-11H2,1H3. The Morgan fingerprint density at radius 1 is 0.966 bits per heavy atom. The fourth-order valence-corrected chi connectivity index (χ4v) is 5.12. The van der Waals surface area contributed by atoms with E-state index in [4.69, 9.17) is 0 Å². The number of aromatic nitrogens is 2. The molecule has 2 aliphatic heterocycles. The molecule has 0 spiro atoms. The number of amidine groups is 1. The third-order valence-electron chi connectivity index (χ3n) is 5.46. The summed E-state index contributed by atoms with van der Waals surface area (Å²) in [6.07, 6.45) is 1.53. The highest BCUT2D eigenvalue weighted by Crippen LogP contribution is 2.28. The zero-order valence-electron chi connectivity index (χ0n) is 15.8. The van der Waals surface area contributed by atoms with Gasteiger partial charge in [0.1, 0.15) is 4.90 Å². The summed E-state index contributed by atoms with van der Waals surface area (Å²) in [6, 6.07) is 12.6. The second kappa shape index (κ2) is 6.41. The lowest BCUT2D eigenvalue weighted by Crippen LogP contribution is -2.48. The summed E-state index contributed by atoms with van der Waals surface area (Å²) in [5.74, 6) is 0.531. The van der Waals surface area contributed by atoms with Crippen LogP contribution < -0.4 is 10.5 Å². The van der Waals surface area contributed by atoms with Gasteiger partial charge in [0.05, 0.1) is 17.2 Å². The summed E-state index contributed by atoms with van der Waals surface area (Å²) in [5, 5.41) is 0.597. The van der Waals surface area contributed by atoms with Crippen molar-refractivity contribution in [1.82, 2.24) is 14.5 Å². The summed E-state index contributed by atoms with van der Waals surface area (Å²) in [5.41, 5.74) is 2.28. The van der Waals surface area contributed by atoms with Crippen LogP contribution in [0.5, 0.6) is 0 Å². The van der Waals surface area contributed by atoms with E-state index in [9.17, 15) is 13.2 Å². The van der Waals surface area contributed by atoms with Crippen LogP contribution in [0.15, 0.2) is 62.9 Å². The monoisotopic (exact) mass is 409 g/mol. The number of aryl methyl sites for hydroxylation is 1. The highest BCUT2D eigenvalue weighted by atomic mass is 32.2. The zero-order chi connectivity index (χ0) is 20.2. The minimum Gasteiger partial charge on any atom is -0.368 e. The predicted molar refractivity (Wildman–Crippen MR) is 111 cm³/mol. The summed E-state index contributed by atoms with van der Waals surface area (Å²) in [7, 11) is -1.92. The van der Waals surface area contributed by atoms with Crippen LogP contribution in [0.4, 0.5) is 5.69 Å². The van der Waals surface area contributed by atoms with Crippen LogP contribution >= 0.6 is 0 Å². The smallest absolute Gasteiger partial charge is 0.285 e. The molecule has 8 nitrogen and oxygen atoms in total. The van der Waals surface area contributed by atoms with Crippen molar-refractivity contribution in [3.8, 4) is 0 Å². The van der Waals surface area contributed by atoms with Crippen LogP contribution in [0.1, 0.15) is 5.56 Å². The molecule has 0 aliphatic carbocycles. The van der Waals surface area contributed by atoms with Gasteiger partial charge >= 0.3 is 0 Å². The number of rotatable bonds is 1. The second-order valence-electron chi connectivity index (χ2n) is 7.22. The topological polar surface area (TPSA) is 87.9 Å². The Hall–Kier alpha value is -3.20. The molecule has 2 aromatic carbocycles. The molecule has 0 atom stereocenters. The van der Waals surface area contributed by atoms with Crippen molar-refractivity contribution in [3.63, 3.8) is 0 Å². The largest absolute Gasteiger partial charge is 0.368 e. The SMILES string of the molecule is Cn1cnc2cc(N3CCN(C4=NS(=O)(=O)c5ccccc54)CC3)ccc2c1=O. The lowest BCUT2D eigenvalue weighted by Gasteiger charge is -2.37. The molecule has 3 heterocycles. The van der Waals surface area contributed by atoms with Gasteiger partial charge in [0.15, 0.2) is 5.84 Å². The third-order valence-corrected chi connectivity index (χ3v) is 6.78. The van der Waals surface area contributed by atoms with Crippen LogP contribution in [0.25, 0.3) is 10.9 Å². The van der Waals surface area contributed by atoms with Gasteiger partial charge in [-0.15, -0.1) is 4.40 Å². The Bertz CT molecular complexity index is 1320. The molecule has 0 unspecified atom stereocenters. The zero-order valence-corrected chi connectivity index (χ0v) is 16.6. The molecule has 29 heavy (non-hydrogen) atoms. The number of piperazine rings is 1. The van der Waals surface area contributed by atoms with E-state index in [1.807, 2.05) is 29.2 Å². The van der Waals surface area contributed by atoms with Gasteiger partial charge in [0, 0.05) is 44.5 Å². The van der Waals surface area contributed by atoms with Gasteiger partial charge in [-0.05, 0) is 30.3 Å². The minimum atomic E-state index is -3.61. The number of sulfonamides is 1. The normalized spacial score (nSPS) is 18.0. The maximum Gasteiger partial charge on any atom is 0.285 e. The Balaban J connectivity index is 1.38. The van der Waals surface area contributed by atoms with Crippen LogP contribution in [0, 0.1) is 0 Å². The molecule has 1 saturated heterocycles. The molecule has 0 bridgehead atoms. The fraction of sp³-hybridized carbons (Fsp3) is 0.250. The first-order valence-electron chi connectivity index (χ1n) is 9.34. The predicted octanol–water partition coefficient (Wildman–Crippen LogP) is 1.20. The number of fused-ring (bicyclic) bond motifs is 2. The molecule has 0 N–H and O–H groups in total. The van der Waals surface area contributed by atoms with E-state index in [0.29, 0.717) is 35.4 Å². The Morgan fingerprint density at radius 2 is 1.69 bits per heavy atom. The summed E-state index contributed by atoms with van der Waals surface area (Å²) >= 11 is 0. The van der Waals surface area contributed by atoms with Gasteiger partial charge in [-0.1, -0.05) is 12.1 Å². The number of hydrogen-bond acceptors (Lipinski definition) is 6. The lowest BCUT2D eigenvalue weighted by molar-refractivity contribution is 0.387. The molecule has 2 aliphatic rings. The van der Waals surface area contributed by atoms with Gasteiger partial charge in [0.25, 0.3) is 15.6 Å². The molecule has 0 amide bonds. The van der Waals surface area contributed by atoms with Gasteiger partial charge in [-0.3, -0.25) is 4.79 Å². The van der Waals surface area contributed by atoms with Crippen molar-refractivity contribution in [2.75, 3.05) is 31.1 Å². The first kappa shape index (κ1) is 17.9. The molecule has 1 fully saturated rings. The quantitative estimate of drug-likeness (QED) is 0.600. The van der Waals surface area contributed by atoms with Crippen LogP contribution in [-0.2, 0) is 17.1 Å². The van der Waals surface area contributed by atoms with E-state index in [0.717, 1.165) is 18.8 Å². The van der Waals surface area contributed by atoms with Crippen molar-refractivity contribution in [1.29, 1.82) is 0 Å². The second-order valence-corrected chi connectivity index (χ2v) is 8.79. The first-order valence-corrected chi connectivity index (χ1v) is 10.8. The van der Waals surface area contributed by atoms with Crippen molar-refractivity contribution in [3.05, 3.63) is 64.7 Å². The fourth-order valence-electron chi connectivity index (χ4n) is 3.89. The molecule has 5 rings (SSSR count). The van der Waals surface area contributed by atoms with E-state index < -0.39 is 10.0 Å². The number of anilines is 1. The number of nitrogens with zero attached hydrogens (tertiary/aromatic N) is 5. The maximum atomic E-state index is 12.3. The van der Waals surface area contributed by atoms with Crippen molar-refractivity contribution >= 4 is 32.4 Å². The molecule has 3 aromatic rings. The van der Waals surface area contributed by atoms with Gasteiger partial charge in [0.2, 0.25) is 0 Å². The van der Waals surface area contributed by atoms with Crippen LogP contribution in [0.3, 0.4) is 0 Å². The van der Waals surface area contributed by atoms with E-state index in [1.165, 1.54) is 10.9 Å². The Labute approximate surface area is 167 Å². The first-order chi connectivity index (χ1) is 13.9. The molecular formula is C20H19N5O3S. The van der Waals surface area contributed by atoms with E-state index in [2.05, 4.69) is 14.3 Å². The molecular weight excluding hydrogens is 390 g/mol. The van der Waals surface area contributed by atoms with E-state index in [-0.39, 0.29) is 10.5 Å². The molecule has 0 saturated carbocycles. The van der Waals surface area contributed by atoms with Gasteiger partial charge in [-0.25, -0.2) is 4.98 Å². The number of benzene rings is 2.